The Kier molecular flexibility index (Phi) is 8.52. The summed E-state index contributed by atoms with van der Waals surface area (Å²) in [4.78, 5) is 0. The lowest BCUT2D eigenvalue weighted by atomic mass is 10.3. The van der Waals surface area contributed by atoms with Crippen molar-refractivity contribution in [2.75, 3.05) is 19.8 Å². The van der Waals surface area contributed by atoms with Gasteiger partial charge in [-0.1, -0.05) is 23.2 Å². The zero-order valence-corrected chi connectivity index (χ0v) is 7.74. The molecule has 0 saturated heterocycles. The Labute approximate surface area is 76.8 Å². The fourth-order valence-corrected chi connectivity index (χ4v) is 0.647. The molecule has 0 aliphatic heterocycles. The highest BCUT2D eigenvalue weighted by molar-refractivity contribution is 6.55. The Bertz CT molecular complexity index is 111. The lowest BCUT2D eigenvalue weighted by molar-refractivity contribution is 0.150. The van der Waals surface area contributed by atoms with E-state index in [1.807, 2.05) is 0 Å². The van der Waals surface area contributed by atoms with Gasteiger partial charge in [0.25, 0.3) is 0 Å². The number of hydrogen-bond donors (Lipinski definition) is 1. The van der Waals surface area contributed by atoms with E-state index < -0.39 is 0 Å². The van der Waals surface area contributed by atoms with Crippen LogP contribution < -0.4 is 0 Å². The van der Waals surface area contributed by atoms with Crippen molar-refractivity contribution in [3.63, 3.8) is 0 Å². The van der Waals surface area contributed by atoms with Crippen LogP contribution in [0.1, 0.15) is 12.8 Å². The molecular weight excluding hydrogens is 187 g/mol. The molecule has 0 radical (unpaired) electrons. The maximum Gasteiger partial charge on any atom is 0.105 e. The summed E-state index contributed by atoms with van der Waals surface area (Å²) >= 11 is 10.6. The summed E-state index contributed by atoms with van der Waals surface area (Å²) in [7, 11) is 0. The van der Waals surface area contributed by atoms with Crippen molar-refractivity contribution < 1.29 is 9.84 Å². The highest BCUT2D eigenvalue weighted by atomic mass is 35.5. The Morgan fingerprint density at radius 2 is 2.09 bits per heavy atom. The Hall–Kier alpha value is 0.240. The SMILES string of the molecule is OCCCCOCC=C(Cl)Cl. The second kappa shape index (κ2) is 8.34. The summed E-state index contributed by atoms with van der Waals surface area (Å²) in [6.07, 6.45) is 3.23. The average Bonchev–Trinajstić information content (AvgIpc) is 1.96. The lowest BCUT2D eigenvalue weighted by Crippen LogP contribution is -1.95. The van der Waals surface area contributed by atoms with Crippen LogP contribution in [0.25, 0.3) is 0 Å². The fourth-order valence-electron chi connectivity index (χ4n) is 0.521. The molecule has 0 aliphatic carbocycles. The van der Waals surface area contributed by atoms with E-state index in [4.69, 9.17) is 33.0 Å². The number of aliphatic hydroxyl groups excluding tert-OH is 1. The first-order valence-corrected chi connectivity index (χ1v) is 4.22. The molecule has 0 unspecified atom stereocenters. The molecule has 0 spiro atoms. The van der Waals surface area contributed by atoms with Gasteiger partial charge in [-0.15, -0.1) is 0 Å². The van der Waals surface area contributed by atoms with Crippen LogP contribution in [0, 0.1) is 0 Å². The third-order valence-corrected chi connectivity index (χ3v) is 1.36. The van der Waals surface area contributed by atoms with Crippen LogP contribution in [-0.4, -0.2) is 24.9 Å². The number of rotatable bonds is 6. The van der Waals surface area contributed by atoms with Crippen LogP contribution in [-0.2, 0) is 4.74 Å². The second-order valence-corrected chi connectivity index (χ2v) is 3.01. The summed E-state index contributed by atoms with van der Waals surface area (Å²) in [5.41, 5.74) is 0. The van der Waals surface area contributed by atoms with Crippen LogP contribution in [0.4, 0.5) is 0 Å². The van der Waals surface area contributed by atoms with Crippen LogP contribution in [0.15, 0.2) is 10.6 Å². The number of hydrogen-bond acceptors (Lipinski definition) is 2. The largest absolute Gasteiger partial charge is 0.396 e. The molecule has 11 heavy (non-hydrogen) atoms. The maximum absolute atomic E-state index is 8.40. The normalized spacial score (nSPS) is 9.73. The molecule has 1 N–H and O–H groups in total. The van der Waals surface area contributed by atoms with E-state index in [9.17, 15) is 0 Å². The molecule has 0 saturated carbocycles. The molecule has 0 aliphatic rings. The van der Waals surface area contributed by atoms with Crippen molar-refractivity contribution in [1.29, 1.82) is 0 Å². The zero-order chi connectivity index (χ0) is 8.53. The fraction of sp³-hybridized carbons (Fsp3) is 0.714. The standard InChI is InChI=1S/C7H12Cl2O2/c8-7(9)3-6-11-5-2-1-4-10/h3,10H,1-2,4-6H2. The van der Waals surface area contributed by atoms with Crippen LogP contribution >= 0.6 is 23.2 Å². The highest BCUT2D eigenvalue weighted by Crippen LogP contribution is 2.05. The van der Waals surface area contributed by atoms with E-state index in [2.05, 4.69) is 0 Å². The van der Waals surface area contributed by atoms with Gasteiger partial charge in [0.2, 0.25) is 0 Å². The van der Waals surface area contributed by atoms with Crippen molar-refractivity contribution in [1.82, 2.24) is 0 Å². The first-order chi connectivity index (χ1) is 5.27. The Morgan fingerprint density at radius 1 is 1.36 bits per heavy atom. The van der Waals surface area contributed by atoms with Gasteiger partial charge in [-0.3, -0.25) is 0 Å². The number of ether oxygens (including phenoxy) is 1. The predicted octanol–water partition coefficient (Wildman–Crippen LogP) is 2.09. The van der Waals surface area contributed by atoms with Gasteiger partial charge in [-0.25, -0.2) is 0 Å². The van der Waals surface area contributed by atoms with Crippen molar-refractivity contribution in [3.05, 3.63) is 10.6 Å². The number of halogens is 2. The van der Waals surface area contributed by atoms with Gasteiger partial charge in [0.05, 0.1) is 6.61 Å². The molecule has 4 heteroatoms. The van der Waals surface area contributed by atoms with Gasteiger partial charge in [0.15, 0.2) is 0 Å². The maximum atomic E-state index is 8.40. The van der Waals surface area contributed by atoms with Gasteiger partial charge >= 0.3 is 0 Å². The van der Waals surface area contributed by atoms with Crippen molar-refractivity contribution in [3.8, 4) is 0 Å². The molecule has 0 aromatic rings. The monoisotopic (exact) mass is 198 g/mol. The van der Waals surface area contributed by atoms with Crippen molar-refractivity contribution in [2.45, 2.75) is 12.8 Å². The van der Waals surface area contributed by atoms with E-state index in [0.29, 0.717) is 13.2 Å². The van der Waals surface area contributed by atoms with Crippen LogP contribution in [0.3, 0.4) is 0 Å². The third kappa shape index (κ3) is 10.2. The third-order valence-electron chi connectivity index (χ3n) is 1.05. The minimum absolute atomic E-state index is 0.218. The van der Waals surface area contributed by atoms with Crippen molar-refractivity contribution >= 4 is 23.2 Å². The van der Waals surface area contributed by atoms with Gasteiger partial charge in [0, 0.05) is 13.2 Å². The molecule has 0 amide bonds. The first-order valence-electron chi connectivity index (χ1n) is 3.47. The molecule has 0 atom stereocenters. The van der Waals surface area contributed by atoms with Crippen molar-refractivity contribution in [2.24, 2.45) is 0 Å². The van der Waals surface area contributed by atoms with Crippen LogP contribution in [0.2, 0.25) is 0 Å². The quantitative estimate of drug-likeness (QED) is 0.663. The topological polar surface area (TPSA) is 29.5 Å². The smallest absolute Gasteiger partial charge is 0.105 e. The summed E-state index contributed by atoms with van der Waals surface area (Å²) in [5.74, 6) is 0. The van der Waals surface area contributed by atoms with E-state index >= 15 is 0 Å². The number of unbranched alkanes of at least 4 members (excludes halogenated alkanes) is 1. The van der Waals surface area contributed by atoms with E-state index in [1.165, 1.54) is 0 Å². The minimum Gasteiger partial charge on any atom is -0.396 e. The molecular formula is C7H12Cl2O2. The summed E-state index contributed by atoms with van der Waals surface area (Å²) in [6.45, 7) is 1.29. The van der Waals surface area contributed by atoms with E-state index in [1.54, 1.807) is 6.08 Å². The zero-order valence-electron chi connectivity index (χ0n) is 6.22. The first kappa shape index (κ1) is 11.2. The van der Waals surface area contributed by atoms with Gasteiger partial charge < -0.3 is 9.84 Å². The summed E-state index contributed by atoms with van der Waals surface area (Å²) in [5, 5.41) is 8.40. The minimum atomic E-state index is 0.218. The molecule has 0 bridgehead atoms. The summed E-state index contributed by atoms with van der Waals surface area (Å²) in [6, 6.07) is 0. The molecule has 0 aromatic carbocycles. The lowest BCUT2D eigenvalue weighted by Gasteiger charge is -1.98. The average molecular weight is 199 g/mol. The molecule has 0 rings (SSSR count). The molecule has 66 valence electrons. The van der Waals surface area contributed by atoms with E-state index in [-0.39, 0.29) is 11.1 Å². The molecule has 2 nitrogen and oxygen atoms in total. The van der Waals surface area contributed by atoms with Gasteiger partial charge in [-0.05, 0) is 18.9 Å². The number of aliphatic hydroxyl groups is 1. The Morgan fingerprint density at radius 3 is 2.64 bits per heavy atom. The Balaban J connectivity index is 2.97. The van der Waals surface area contributed by atoms with E-state index in [0.717, 1.165) is 12.8 Å². The predicted molar refractivity (Wildman–Crippen MR) is 46.9 cm³/mol. The van der Waals surface area contributed by atoms with Gasteiger partial charge in [-0.2, -0.15) is 0 Å². The molecule has 0 aromatic heterocycles. The second-order valence-electron chi connectivity index (χ2n) is 2.00. The van der Waals surface area contributed by atoms with Gasteiger partial charge in [0.1, 0.15) is 4.49 Å². The van der Waals surface area contributed by atoms with Crippen LogP contribution in [0.5, 0.6) is 0 Å². The molecule has 0 fully saturated rings. The summed E-state index contributed by atoms with van der Waals surface area (Å²) < 4.78 is 5.32. The highest BCUT2D eigenvalue weighted by Gasteiger charge is 1.87. The molecule has 0 heterocycles.